The number of hydrogen-bond donors (Lipinski definition) is 1. The van der Waals surface area contributed by atoms with Gasteiger partial charge in [0.15, 0.2) is 16.1 Å². The molecule has 604 valence electrons. The maximum Gasteiger partial charge on any atom is 0.179 e. The third kappa shape index (κ3) is 16.1. The van der Waals surface area contributed by atoms with Crippen LogP contribution in [-0.2, 0) is 0 Å². The number of benzene rings is 20. The van der Waals surface area contributed by atoms with Gasteiger partial charge in [0.05, 0.1) is 22.1 Å². The van der Waals surface area contributed by atoms with Gasteiger partial charge in [-0.1, -0.05) is 428 Å². The van der Waals surface area contributed by atoms with Gasteiger partial charge in [0.25, 0.3) is 0 Å². The van der Waals surface area contributed by atoms with E-state index < -0.39 is 16.1 Å². The first-order valence-electron chi connectivity index (χ1n) is 43.4. The fourth-order valence-corrected chi connectivity index (χ4v) is 28.4. The number of anilines is 5. The number of halogens is 1. The van der Waals surface area contributed by atoms with E-state index >= 15 is 0 Å². The molecule has 0 fully saturated rings. The van der Waals surface area contributed by atoms with Crippen molar-refractivity contribution < 1.29 is 0 Å². The van der Waals surface area contributed by atoms with E-state index in [1.54, 1.807) is 0 Å². The van der Waals surface area contributed by atoms with Crippen molar-refractivity contribution in [3.05, 3.63) is 538 Å². The van der Waals surface area contributed by atoms with Crippen LogP contribution in [-0.4, -0.2) is 25.3 Å². The summed E-state index contributed by atoms with van der Waals surface area (Å²) in [6.07, 6.45) is 0. The zero-order valence-corrected chi connectivity index (χ0v) is 73.6. The van der Waals surface area contributed by atoms with Gasteiger partial charge >= 0.3 is 0 Å². The fourth-order valence-electron chi connectivity index (χ4n) is 18.7. The Morgan fingerprint density at radius 1 is 0.181 bits per heavy atom. The van der Waals surface area contributed by atoms with Gasteiger partial charge in [-0.15, -0.1) is 0 Å². The predicted molar refractivity (Wildman–Crippen MR) is 549 cm³/mol. The highest BCUT2D eigenvalue weighted by Crippen LogP contribution is 2.41. The van der Waals surface area contributed by atoms with Crippen LogP contribution in [0.15, 0.2) is 538 Å². The number of nitrogens with zero attached hydrogens (tertiary/aromatic N) is 3. The number of para-hydroxylation sites is 4. The topological polar surface area (TPSA) is 25.1 Å². The molecule has 0 saturated carbocycles. The number of nitrogens with one attached hydrogen (secondary N) is 1. The summed E-state index contributed by atoms with van der Waals surface area (Å²) in [7, 11) is -5.17. The van der Waals surface area contributed by atoms with Crippen LogP contribution in [0.2, 0.25) is 0 Å². The van der Waals surface area contributed by atoms with Crippen LogP contribution in [0.25, 0.3) is 99.5 Å². The van der Waals surface area contributed by atoms with Gasteiger partial charge in [0, 0.05) is 65.8 Å². The second kappa shape index (κ2) is 36.5. The van der Waals surface area contributed by atoms with E-state index in [9.17, 15) is 0 Å². The Labute approximate surface area is 753 Å². The van der Waals surface area contributed by atoms with Gasteiger partial charge in [0.2, 0.25) is 0 Å². The van der Waals surface area contributed by atoms with Crippen molar-refractivity contribution in [1.29, 1.82) is 0 Å². The SMILES string of the molecule is Brc1ccc(-c2ccc3c4ccccc4n(-c4ccccc4)c3c2)cc1.c1ccc(-c2ccc(N(c3ccc(-c4ccc5c6ccccc6n(-c6ccccc6)c5c4)cc3)c3ccc([Si](c4ccccc4)(c4ccccc4)c4ccccc4)cc3)cc2)cc1.c1ccc(-c2ccc(Nc3ccc([Si](c4ccccc4)(c4ccccc4)c4ccccc4)cc3)cc2)cc1. The summed E-state index contributed by atoms with van der Waals surface area (Å²) >= 11 is 3.52. The van der Waals surface area contributed by atoms with E-state index in [0.29, 0.717) is 0 Å². The standard InChI is InChI=1S/C60H44N2Si.C36H29NSi.C24H16BrN/c1-6-18-45(19-7-1)46-30-35-50(36-31-46)61(52-39-41-56(42-40-52)63(53-22-10-3-11-23-53,54-24-12-4-13-25-54)55-26-14-5-15-27-55)51-37-32-47(33-38-51)48-34-43-58-57-28-16-17-29-59(57)62(60(58)44-48)49-20-8-2-9-21-49;1-5-13-29(14-6-1)30-21-23-31(24-22-30)37-32-25-27-36(28-26-32)38(33-15-7-2-8-16-33,34-17-9-3-10-18-34)35-19-11-4-12-20-35;25-19-13-10-17(11-14-19)18-12-15-22-21-8-4-5-9-23(21)26(24(22)16-18)20-6-2-1-3-7-20/h1-44H;1-28,37H;1-16H. The highest BCUT2D eigenvalue weighted by molar-refractivity contribution is 9.10. The first-order chi connectivity index (χ1) is 62.9. The van der Waals surface area contributed by atoms with E-state index in [4.69, 9.17) is 0 Å². The number of hydrogen-bond acceptors (Lipinski definition) is 2. The Hall–Kier alpha value is -15.5. The average molecular weight is 1720 g/mol. The Morgan fingerprint density at radius 3 is 0.732 bits per heavy atom. The molecule has 0 radical (unpaired) electrons. The molecular formula is C120H89BrN4Si2. The van der Waals surface area contributed by atoms with Crippen LogP contribution in [0.1, 0.15) is 0 Å². The molecule has 0 spiro atoms. The lowest BCUT2D eigenvalue weighted by Gasteiger charge is -2.35. The van der Waals surface area contributed by atoms with Crippen molar-refractivity contribution >= 4 is 146 Å². The third-order valence-electron chi connectivity index (χ3n) is 24.6. The molecule has 0 aliphatic rings. The summed E-state index contributed by atoms with van der Waals surface area (Å²) in [5.41, 5.74) is 22.3. The number of rotatable bonds is 19. The second-order valence-corrected chi connectivity index (χ2v) is 40.6. The first kappa shape index (κ1) is 80.0. The van der Waals surface area contributed by atoms with Gasteiger partial charge in [-0.25, -0.2) is 0 Å². The molecule has 127 heavy (non-hydrogen) atoms. The molecule has 22 rings (SSSR count). The lowest BCUT2D eigenvalue weighted by atomic mass is 10.0. The monoisotopic (exact) mass is 1720 g/mol. The third-order valence-corrected chi connectivity index (χ3v) is 34.8. The number of aromatic nitrogens is 2. The van der Waals surface area contributed by atoms with E-state index in [2.05, 4.69) is 563 Å². The van der Waals surface area contributed by atoms with Gasteiger partial charge in [0.1, 0.15) is 0 Å². The molecule has 2 aromatic heterocycles. The van der Waals surface area contributed by atoms with Crippen molar-refractivity contribution in [3.63, 3.8) is 0 Å². The zero-order chi connectivity index (χ0) is 85.1. The minimum Gasteiger partial charge on any atom is -0.356 e. The molecule has 22 aromatic rings. The molecule has 2 heterocycles. The molecule has 0 unspecified atom stereocenters. The van der Waals surface area contributed by atoms with Crippen LogP contribution >= 0.6 is 15.9 Å². The Bertz CT molecular complexity index is 7230. The molecule has 4 nitrogen and oxygen atoms in total. The fraction of sp³-hybridized carbons (Fsp3) is 0. The molecule has 7 heteroatoms. The summed E-state index contributed by atoms with van der Waals surface area (Å²) in [6, 6.07) is 193. The van der Waals surface area contributed by atoms with Crippen LogP contribution in [0.3, 0.4) is 0 Å². The van der Waals surface area contributed by atoms with Crippen molar-refractivity contribution in [1.82, 2.24) is 9.13 Å². The zero-order valence-electron chi connectivity index (χ0n) is 70.0. The van der Waals surface area contributed by atoms with Crippen molar-refractivity contribution in [2.45, 2.75) is 0 Å². The first-order valence-corrected chi connectivity index (χ1v) is 48.2. The quantitative estimate of drug-likeness (QED) is 0.0645. The van der Waals surface area contributed by atoms with Gasteiger partial charge in [-0.2, -0.15) is 0 Å². The van der Waals surface area contributed by atoms with Gasteiger partial charge in [-0.3, -0.25) is 0 Å². The Morgan fingerprint density at radius 2 is 0.402 bits per heavy atom. The largest absolute Gasteiger partial charge is 0.356 e. The van der Waals surface area contributed by atoms with Crippen LogP contribution in [0, 0.1) is 0 Å². The molecule has 20 aromatic carbocycles. The maximum atomic E-state index is 3.60. The minimum absolute atomic E-state index is 1.08. The van der Waals surface area contributed by atoms with E-state index in [1.165, 1.54) is 135 Å². The lowest BCUT2D eigenvalue weighted by molar-refractivity contribution is 1.18. The summed E-state index contributed by atoms with van der Waals surface area (Å²) in [5, 5.41) is 19.6. The van der Waals surface area contributed by atoms with Crippen molar-refractivity contribution in [2.75, 3.05) is 10.2 Å². The molecule has 0 aliphatic carbocycles. The Kier molecular flexibility index (Phi) is 23.0. The highest BCUT2D eigenvalue weighted by Gasteiger charge is 2.43. The normalized spacial score (nSPS) is 11.3. The van der Waals surface area contributed by atoms with E-state index in [-0.39, 0.29) is 0 Å². The molecule has 0 saturated heterocycles. The summed E-state index contributed by atoms with van der Waals surface area (Å²) in [5.74, 6) is 0. The van der Waals surface area contributed by atoms with Gasteiger partial charge in [-0.05, 0) is 207 Å². The molecule has 0 atom stereocenters. The smallest absolute Gasteiger partial charge is 0.179 e. The summed E-state index contributed by atoms with van der Waals surface area (Å²) in [6.45, 7) is 0. The molecule has 0 bridgehead atoms. The molecule has 1 N–H and O–H groups in total. The summed E-state index contributed by atoms with van der Waals surface area (Å²) < 4.78 is 5.84. The average Bonchev–Trinajstić information content (AvgIpc) is 1.63. The van der Waals surface area contributed by atoms with Crippen LogP contribution < -0.4 is 51.7 Å². The summed E-state index contributed by atoms with van der Waals surface area (Å²) in [4.78, 5) is 2.38. The van der Waals surface area contributed by atoms with Crippen molar-refractivity contribution in [3.8, 4) is 55.9 Å². The number of fused-ring (bicyclic) bond motifs is 6. The van der Waals surface area contributed by atoms with Gasteiger partial charge < -0.3 is 19.4 Å². The molecule has 0 amide bonds. The maximum absolute atomic E-state index is 3.60. The Balaban J connectivity index is 0.000000134. The van der Waals surface area contributed by atoms with Crippen molar-refractivity contribution in [2.24, 2.45) is 0 Å². The minimum atomic E-state index is -2.68. The highest BCUT2D eigenvalue weighted by atomic mass is 79.9. The lowest BCUT2D eigenvalue weighted by Crippen LogP contribution is -2.74. The van der Waals surface area contributed by atoms with Crippen LogP contribution in [0.4, 0.5) is 28.4 Å². The van der Waals surface area contributed by atoms with E-state index in [1.807, 2.05) is 6.07 Å². The van der Waals surface area contributed by atoms with E-state index in [0.717, 1.165) is 38.6 Å². The predicted octanol–water partition coefficient (Wildman–Crippen LogP) is 26.7. The van der Waals surface area contributed by atoms with Crippen LogP contribution in [0.5, 0.6) is 0 Å². The molecule has 0 aliphatic heterocycles. The second-order valence-electron chi connectivity index (χ2n) is 32.0. The molecular weight excluding hydrogens is 1630 g/mol.